The number of benzene rings is 1. The standard InChI is InChI=1S/C18H28N4O2/c1-13(14(2)19)17(23)22-11-7-6-10-16(22)12-20-18(24)21-15-8-4-3-5-9-15/h3-5,8-9,13-14,16H,6-7,10-12,19H2,1-2H3,(H2,20,21,24). The Morgan fingerprint density at radius 1 is 1.25 bits per heavy atom. The third-order valence-electron chi connectivity index (χ3n) is 4.62. The molecule has 1 saturated heterocycles. The van der Waals surface area contributed by atoms with E-state index >= 15 is 0 Å². The Morgan fingerprint density at radius 3 is 2.62 bits per heavy atom. The smallest absolute Gasteiger partial charge is 0.319 e. The van der Waals surface area contributed by atoms with Gasteiger partial charge in [-0.15, -0.1) is 0 Å². The van der Waals surface area contributed by atoms with Gasteiger partial charge < -0.3 is 21.3 Å². The van der Waals surface area contributed by atoms with Crippen LogP contribution in [-0.4, -0.2) is 42.0 Å². The number of nitrogens with zero attached hydrogens (tertiary/aromatic N) is 1. The van der Waals surface area contributed by atoms with Gasteiger partial charge in [0.05, 0.1) is 5.92 Å². The number of urea groups is 1. The molecule has 1 fully saturated rings. The van der Waals surface area contributed by atoms with Gasteiger partial charge in [-0.25, -0.2) is 4.79 Å². The summed E-state index contributed by atoms with van der Waals surface area (Å²) in [5.41, 5.74) is 6.62. The molecule has 3 atom stereocenters. The maximum absolute atomic E-state index is 12.6. The molecule has 1 aromatic carbocycles. The monoisotopic (exact) mass is 332 g/mol. The zero-order valence-electron chi connectivity index (χ0n) is 14.5. The third kappa shape index (κ3) is 4.96. The molecule has 24 heavy (non-hydrogen) atoms. The molecule has 0 spiro atoms. The molecule has 2 rings (SSSR count). The summed E-state index contributed by atoms with van der Waals surface area (Å²) in [5, 5.41) is 5.67. The van der Waals surface area contributed by atoms with E-state index in [0.717, 1.165) is 31.5 Å². The van der Waals surface area contributed by atoms with Gasteiger partial charge in [-0.2, -0.15) is 0 Å². The maximum atomic E-state index is 12.6. The fourth-order valence-corrected chi connectivity index (χ4v) is 2.90. The molecule has 1 heterocycles. The molecule has 1 aliphatic heterocycles. The van der Waals surface area contributed by atoms with Gasteiger partial charge in [0.15, 0.2) is 0 Å². The summed E-state index contributed by atoms with van der Waals surface area (Å²) in [6.45, 7) is 4.92. The number of carbonyl (C=O) groups excluding carboxylic acids is 2. The summed E-state index contributed by atoms with van der Waals surface area (Å²) in [4.78, 5) is 26.5. The second-order valence-electron chi connectivity index (χ2n) is 6.53. The first-order chi connectivity index (χ1) is 11.5. The summed E-state index contributed by atoms with van der Waals surface area (Å²) in [5.74, 6) is -0.122. The molecular weight excluding hydrogens is 304 g/mol. The molecule has 3 unspecified atom stereocenters. The van der Waals surface area contributed by atoms with E-state index in [-0.39, 0.29) is 29.9 Å². The van der Waals surface area contributed by atoms with Gasteiger partial charge in [-0.1, -0.05) is 25.1 Å². The minimum absolute atomic E-state index is 0.0361. The van der Waals surface area contributed by atoms with Crippen LogP contribution in [-0.2, 0) is 4.79 Å². The summed E-state index contributed by atoms with van der Waals surface area (Å²) in [6.07, 6.45) is 2.98. The lowest BCUT2D eigenvalue weighted by Gasteiger charge is -2.38. The van der Waals surface area contributed by atoms with Crippen LogP contribution in [0.2, 0.25) is 0 Å². The minimum Gasteiger partial charge on any atom is -0.338 e. The molecule has 3 amide bonds. The number of nitrogens with two attached hydrogens (primary N) is 1. The van der Waals surface area contributed by atoms with Crippen LogP contribution in [0, 0.1) is 5.92 Å². The number of nitrogens with one attached hydrogen (secondary N) is 2. The maximum Gasteiger partial charge on any atom is 0.319 e. The average Bonchev–Trinajstić information content (AvgIpc) is 2.59. The van der Waals surface area contributed by atoms with E-state index < -0.39 is 0 Å². The van der Waals surface area contributed by atoms with E-state index in [2.05, 4.69) is 10.6 Å². The number of anilines is 1. The number of amides is 3. The SMILES string of the molecule is CC(N)C(C)C(=O)N1CCCCC1CNC(=O)Nc1ccccc1. The highest BCUT2D eigenvalue weighted by Crippen LogP contribution is 2.20. The molecule has 6 heteroatoms. The van der Waals surface area contributed by atoms with Crippen LogP contribution >= 0.6 is 0 Å². The summed E-state index contributed by atoms with van der Waals surface area (Å²) >= 11 is 0. The normalized spacial score (nSPS) is 20.1. The molecule has 0 bridgehead atoms. The summed E-state index contributed by atoms with van der Waals surface area (Å²) in [6, 6.07) is 8.91. The van der Waals surface area contributed by atoms with Crippen molar-refractivity contribution in [1.82, 2.24) is 10.2 Å². The number of hydrogen-bond acceptors (Lipinski definition) is 3. The predicted molar refractivity (Wildman–Crippen MR) is 95.6 cm³/mol. The van der Waals surface area contributed by atoms with Crippen molar-refractivity contribution in [3.63, 3.8) is 0 Å². The Hall–Kier alpha value is -2.08. The van der Waals surface area contributed by atoms with Gasteiger partial charge in [0.2, 0.25) is 5.91 Å². The highest BCUT2D eigenvalue weighted by molar-refractivity contribution is 5.89. The second-order valence-corrected chi connectivity index (χ2v) is 6.53. The van der Waals surface area contributed by atoms with Crippen molar-refractivity contribution in [3.8, 4) is 0 Å². The van der Waals surface area contributed by atoms with Gasteiger partial charge in [0, 0.05) is 30.9 Å². The zero-order chi connectivity index (χ0) is 17.5. The number of piperidine rings is 1. The molecule has 0 aromatic heterocycles. The number of rotatable bonds is 5. The quantitative estimate of drug-likeness (QED) is 0.772. The lowest BCUT2D eigenvalue weighted by molar-refractivity contribution is -0.139. The first-order valence-corrected chi connectivity index (χ1v) is 8.65. The van der Waals surface area contributed by atoms with Gasteiger partial charge in [0.25, 0.3) is 0 Å². The van der Waals surface area contributed by atoms with E-state index in [4.69, 9.17) is 5.73 Å². The number of para-hydroxylation sites is 1. The van der Waals surface area contributed by atoms with Crippen molar-refractivity contribution < 1.29 is 9.59 Å². The van der Waals surface area contributed by atoms with Crippen molar-refractivity contribution in [2.75, 3.05) is 18.4 Å². The van der Waals surface area contributed by atoms with E-state index in [9.17, 15) is 9.59 Å². The van der Waals surface area contributed by atoms with Gasteiger partial charge in [-0.05, 0) is 38.3 Å². The first-order valence-electron chi connectivity index (χ1n) is 8.65. The summed E-state index contributed by atoms with van der Waals surface area (Å²) < 4.78 is 0. The minimum atomic E-state index is -0.251. The van der Waals surface area contributed by atoms with E-state index in [1.807, 2.05) is 49.1 Å². The molecular formula is C18H28N4O2. The topological polar surface area (TPSA) is 87.5 Å². The fourth-order valence-electron chi connectivity index (χ4n) is 2.90. The Morgan fingerprint density at radius 2 is 1.96 bits per heavy atom. The highest BCUT2D eigenvalue weighted by Gasteiger charge is 2.31. The molecule has 1 aromatic rings. The predicted octanol–water partition coefficient (Wildman–Crippen LogP) is 2.17. The Kier molecular flexibility index (Phi) is 6.61. The van der Waals surface area contributed by atoms with Gasteiger partial charge in [-0.3, -0.25) is 4.79 Å². The lowest BCUT2D eigenvalue weighted by atomic mass is 9.97. The van der Waals surface area contributed by atoms with Crippen molar-refractivity contribution in [2.24, 2.45) is 11.7 Å². The number of carbonyl (C=O) groups is 2. The lowest BCUT2D eigenvalue weighted by Crippen LogP contribution is -2.53. The Bertz CT molecular complexity index is 547. The van der Waals surface area contributed by atoms with Crippen molar-refractivity contribution in [2.45, 2.75) is 45.2 Å². The zero-order valence-corrected chi connectivity index (χ0v) is 14.5. The fraction of sp³-hybridized carbons (Fsp3) is 0.556. The van der Waals surface area contributed by atoms with Crippen molar-refractivity contribution in [1.29, 1.82) is 0 Å². The van der Waals surface area contributed by atoms with Crippen molar-refractivity contribution in [3.05, 3.63) is 30.3 Å². The van der Waals surface area contributed by atoms with Crippen LogP contribution < -0.4 is 16.4 Å². The number of hydrogen-bond donors (Lipinski definition) is 3. The molecule has 132 valence electrons. The third-order valence-corrected chi connectivity index (χ3v) is 4.62. The summed E-state index contributed by atoms with van der Waals surface area (Å²) in [7, 11) is 0. The van der Waals surface area contributed by atoms with Crippen molar-refractivity contribution >= 4 is 17.6 Å². The van der Waals surface area contributed by atoms with Crippen LogP contribution in [0.1, 0.15) is 33.1 Å². The number of likely N-dealkylation sites (tertiary alicyclic amines) is 1. The molecule has 0 aliphatic carbocycles. The molecule has 1 aliphatic rings. The second kappa shape index (κ2) is 8.68. The molecule has 0 saturated carbocycles. The van der Waals surface area contributed by atoms with E-state index in [1.165, 1.54) is 0 Å². The van der Waals surface area contributed by atoms with Gasteiger partial charge >= 0.3 is 6.03 Å². The Balaban J connectivity index is 1.89. The Labute approximate surface area is 143 Å². The molecule has 0 radical (unpaired) electrons. The average molecular weight is 332 g/mol. The van der Waals surface area contributed by atoms with Crippen LogP contribution in [0.25, 0.3) is 0 Å². The first kappa shape index (κ1) is 18.3. The highest BCUT2D eigenvalue weighted by atomic mass is 16.2. The molecule has 6 nitrogen and oxygen atoms in total. The molecule has 4 N–H and O–H groups in total. The van der Waals surface area contributed by atoms with Crippen LogP contribution in [0.15, 0.2) is 30.3 Å². The van der Waals surface area contributed by atoms with Crippen LogP contribution in [0.5, 0.6) is 0 Å². The largest absolute Gasteiger partial charge is 0.338 e. The van der Waals surface area contributed by atoms with Crippen LogP contribution in [0.3, 0.4) is 0 Å². The van der Waals surface area contributed by atoms with Crippen LogP contribution in [0.4, 0.5) is 10.5 Å². The van der Waals surface area contributed by atoms with E-state index in [1.54, 1.807) is 0 Å². The van der Waals surface area contributed by atoms with Gasteiger partial charge in [0.1, 0.15) is 0 Å². The van der Waals surface area contributed by atoms with E-state index in [0.29, 0.717) is 6.54 Å².